The van der Waals surface area contributed by atoms with Crippen molar-refractivity contribution < 1.29 is 22.7 Å². The number of carbonyl (C=O) groups excluding carboxylic acids is 2. The standard InChI is InChI=1S/C36H39N3O5S/c1-44-32-19-12-28(13-20-32)24-25-37-36(41)35(30-10-6-3-7-11-30)39(26-29-8-4-2-5-9-29)34(40)23-16-27-14-21-33(22-15-27)45(42,43)38-31-17-18-31/h2-15,19-22,31,35,38H,16-18,23-26H2,1H3,(H,37,41). The Labute approximate surface area is 265 Å². The Balaban J connectivity index is 1.32. The fourth-order valence-corrected chi connectivity index (χ4v) is 6.45. The molecule has 4 aromatic rings. The minimum Gasteiger partial charge on any atom is -0.497 e. The summed E-state index contributed by atoms with van der Waals surface area (Å²) >= 11 is 0. The van der Waals surface area contributed by atoms with Crippen molar-refractivity contribution in [2.24, 2.45) is 0 Å². The average Bonchev–Trinajstić information content (AvgIpc) is 3.88. The number of rotatable bonds is 15. The van der Waals surface area contributed by atoms with Crippen molar-refractivity contribution >= 4 is 21.8 Å². The first kappa shape index (κ1) is 31.9. The second kappa shape index (κ2) is 15.0. The van der Waals surface area contributed by atoms with Gasteiger partial charge in [0.1, 0.15) is 11.8 Å². The molecule has 0 radical (unpaired) electrons. The summed E-state index contributed by atoms with van der Waals surface area (Å²) in [6.45, 7) is 0.669. The maximum atomic E-state index is 14.0. The zero-order valence-corrected chi connectivity index (χ0v) is 26.2. The summed E-state index contributed by atoms with van der Waals surface area (Å²) in [7, 11) is -1.93. The molecule has 1 atom stereocenters. The van der Waals surface area contributed by atoms with Crippen LogP contribution in [0.2, 0.25) is 0 Å². The third-order valence-corrected chi connectivity index (χ3v) is 9.36. The molecule has 1 aliphatic rings. The van der Waals surface area contributed by atoms with Crippen LogP contribution in [0.1, 0.15) is 47.6 Å². The average molecular weight is 626 g/mol. The number of hydrogen-bond donors (Lipinski definition) is 2. The molecule has 9 heteroatoms. The van der Waals surface area contributed by atoms with E-state index in [0.29, 0.717) is 19.4 Å². The fraction of sp³-hybridized carbons (Fsp3) is 0.278. The maximum absolute atomic E-state index is 14.0. The van der Waals surface area contributed by atoms with Gasteiger partial charge < -0.3 is 15.0 Å². The molecule has 2 N–H and O–H groups in total. The Morgan fingerprint density at radius 3 is 2.02 bits per heavy atom. The van der Waals surface area contributed by atoms with E-state index in [0.717, 1.165) is 40.8 Å². The predicted molar refractivity (Wildman–Crippen MR) is 174 cm³/mol. The molecule has 0 aromatic heterocycles. The third kappa shape index (κ3) is 9.03. The van der Waals surface area contributed by atoms with E-state index >= 15 is 0 Å². The number of hydrogen-bond acceptors (Lipinski definition) is 5. The Bertz CT molecular complexity index is 1660. The Morgan fingerprint density at radius 1 is 0.800 bits per heavy atom. The number of amides is 2. The van der Waals surface area contributed by atoms with Gasteiger partial charge in [-0.2, -0.15) is 0 Å². The van der Waals surface area contributed by atoms with E-state index in [9.17, 15) is 18.0 Å². The van der Waals surface area contributed by atoms with Crippen LogP contribution in [0.5, 0.6) is 5.75 Å². The first-order chi connectivity index (χ1) is 21.8. The number of nitrogens with one attached hydrogen (secondary N) is 2. The third-order valence-electron chi connectivity index (χ3n) is 7.82. The quantitative estimate of drug-likeness (QED) is 0.189. The lowest BCUT2D eigenvalue weighted by Crippen LogP contribution is -2.44. The van der Waals surface area contributed by atoms with Crippen LogP contribution in [0.4, 0.5) is 0 Å². The minimum atomic E-state index is -3.55. The maximum Gasteiger partial charge on any atom is 0.247 e. The monoisotopic (exact) mass is 625 g/mol. The van der Waals surface area contributed by atoms with Crippen LogP contribution in [0, 0.1) is 0 Å². The smallest absolute Gasteiger partial charge is 0.247 e. The molecule has 1 fully saturated rings. The van der Waals surface area contributed by atoms with E-state index in [2.05, 4.69) is 10.0 Å². The molecule has 4 aromatic carbocycles. The first-order valence-electron chi connectivity index (χ1n) is 15.2. The summed E-state index contributed by atoms with van der Waals surface area (Å²) in [6, 6.07) is 32.5. The molecule has 8 nitrogen and oxygen atoms in total. The highest BCUT2D eigenvalue weighted by Gasteiger charge is 2.31. The van der Waals surface area contributed by atoms with Crippen molar-refractivity contribution in [1.82, 2.24) is 14.9 Å². The van der Waals surface area contributed by atoms with Crippen LogP contribution in [-0.2, 0) is 39.0 Å². The SMILES string of the molecule is COc1ccc(CCNC(=O)C(c2ccccc2)N(Cc2ccccc2)C(=O)CCc2ccc(S(=O)(=O)NC3CC3)cc2)cc1. The molecule has 1 unspecified atom stereocenters. The number of aryl methyl sites for hydroxylation is 1. The Hall–Kier alpha value is -4.47. The van der Waals surface area contributed by atoms with Gasteiger partial charge in [-0.15, -0.1) is 0 Å². The van der Waals surface area contributed by atoms with E-state index in [1.165, 1.54) is 0 Å². The van der Waals surface area contributed by atoms with Gasteiger partial charge in [0.05, 0.1) is 12.0 Å². The molecule has 234 valence electrons. The van der Waals surface area contributed by atoms with Crippen LogP contribution < -0.4 is 14.8 Å². The van der Waals surface area contributed by atoms with Gasteiger partial charge in [0.2, 0.25) is 21.8 Å². The van der Waals surface area contributed by atoms with Crippen molar-refractivity contribution in [3.8, 4) is 5.75 Å². The van der Waals surface area contributed by atoms with Gasteiger partial charge in [0.25, 0.3) is 0 Å². The zero-order chi connectivity index (χ0) is 31.6. The molecule has 1 saturated carbocycles. The van der Waals surface area contributed by atoms with Crippen molar-refractivity contribution in [3.05, 3.63) is 131 Å². The van der Waals surface area contributed by atoms with E-state index in [4.69, 9.17) is 4.74 Å². The molecular formula is C36H39N3O5S. The summed E-state index contributed by atoms with van der Waals surface area (Å²) in [5.74, 6) is 0.343. The molecule has 0 aliphatic heterocycles. The Kier molecular flexibility index (Phi) is 10.7. The van der Waals surface area contributed by atoms with Crippen LogP contribution in [0.15, 0.2) is 114 Å². The second-order valence-electron chi connectivity index (χ2n) is 11.2. The number of ether oxygens (including phenoxy) is 1. The second-order valence-corrected chi connectivity index (χ2v) is 13.0. The lowest BCUT2D eigenvalue weighted by molar-refractivity contribution is -0.141. The van der Waals surface area contributed by atoms with Crippen LogP contribution >= 0.6 is 0 Å². The molecule has 0 heterocycles. The van der Waals surface area contributed by atoms with Crippen molar-refractivity contribution in [3.63, 3.8) is 0 Å². The van der Waals surface area contributed by atoms with Crippen LogP contribution in [-0.4, -0.2) is 44.8 Å². The van der Waals surface area contributed by atoms with Gasteiger partial charge in [0, 0.05) is 25.6 Å². The summed E-state index contributed by atoms with van der Waals surface area (Å²) in [5.41, 5.74) is 3.54. The van der Waals surface area contributed by atoms with Crippen LogP contribution in [0.25, 0.3) is 0 Å². The van der Waals surface area contributed by atoms with E-state index in [-0.39, 0.29) is 35.7 Å². The van der Waals surface area contributed by atoms with Crippen molar-refractivity contribution in [2.75, 3.05) is 13.7 Å². The molecule has 0 bridgehead atoms. The summed E-state index contributed by atoms with van der Waals surface area (Å²) in [6.07, 6.45) is 2.92. The van der Waals surface area contributed by atoms with Gasteiger partial charge in [-0.3, -0.25) is 9.59 Å². The molecule has 5 rings (SSSR count). The number of nitrogens with zero attached hydrogens (tertiary/aromatic N) is 1. The number of sulfonamides is 1. The molecule has 1 aliphatic carbocycles. The summed E-state index contributed by atoms with van der Waals surface area (Å²) in [5, 5.41) is 3.06. The Morgan fingerprint density at radius 2 is 1.40 bits per heavy atom. The highest BCUT2D eigenvalue weighted by molar-refractivity contribution is 7.89. The molecular weight excluding hydrogens is 586 g/mol. The number of benzene rings is 4. The molecule has 2 amide bonds. The van der Waals surface area contributed by atoms with Gasteiger partial charge in [-0.25, -0.2) is 13.1 Å². The van der Waals surface area contributed by atoms with Gasteiger partial charge in [0.15, 0.2) is 0 Å². The number of methoxy groups -OCH3 is 1. The first-order valence-corrected chi connectivity index (χ1v) is 16.7. The van der Waals surface area contributed by atoms with Crippen LogP contribution in [0.3, 0.4) is 0 Å². The lowest BCUT2D eigenvalue weighted by atomic mass is 10.0. The molecule has 0 saturated heterocycles. The van der Waals surface area contributed by atoms with E-state index in [1.807, 2.05) is 84.9 Å². The van der Waals surface area contributed by atoms with Crippen molar-refractivity contribution in [2.45, 2.75) is 55.6 Å². The largest absolute Gasteiger partial charge is 0.497 e. The number of carbonyl (C=O) groups is 2. The predicted octanol–water partition coefficient (Wildman–Crippen LogP) is 5.20. The van der Waals surface area contributed by atoms with Gasteiger partial charge in [-0.05, 0) is 72.2 Å². The molecule has 0 spiro atoms. The normalized spacial score (nSPS) is 13.5. The van der Waals surface area contributed by atoms with Gasteiger partial charge in [-0.1, -0.05) is 84.9 Å². The summed E-state index contributed by atoms with van der Waals surface area (Å²) in [4.78, 5) is 29.7. The highest BCUT2D eigenvalue weighted by atomic mass is 32.2. The van der Waals surface area contributed by atoms with Crippen molar-refractivity contribution in [1.29, 1.82) is 0 Å². The highest BCUT2D eigenvalue weighted by Crippen LogP contribution is 2.26. The van der Waals surface area contributed by atoms with E-state index in [1.54, 1.807) is 36.3 Å². The fourth-order valence-electron chi connectivity index (χ4n) is 5.15. The minimum absolute atomic E-state index is 0.0279. The molecule has 45 heavy (non-hydrogen) atoms. The summed E-state index contributed by atoms with van der Waals surface area (Å²) < 4.78 is 33.1. The lowest BCUT2D eigenvalue weighted by Gasteiger charge is -2.32. The topological polar surface area (TPSA) is 105 Å². The van der Waals surface area contributed by atoms with E-state index < -0.39 is 16.1 Å². The zero-order valence-electron chi connectivity index (χ0n) is 25.4. The van der Waals surface area contributed by atoms with Gasteiger partial charge >= 0.3 is 0 Å².